The van der Waals surface area contributed by atoms with Crippen molar-refractivity contribution in [2.24, 2.45) is 11.1 Å². The van der Waals surface area contributed by atoms with Crippen molar-refractivity contribution in [1.29, 1.82) is 0 Å². The predicted octanol–water partition coefficient (Wildman–Crippen LogP) is 2.13. The van der Waals surface area contributed by atoms with Crippen molar-refractivity contribution < 1.29 is 15.1 Å². The lowest BCUT2D eigenvalue weighted by Gasteiger charge is -2.30. The molecule has 4 N–H and O–H groups in total. The fourth-order valence-electron chi connectivity index (χ4n) is 1.68. The number of hydrogen-bond donors (Lipinski definition) is 3. The molecule has 0 bridgehead atoms. The average molecular weight is 291 g/mol. The molecule has 1 rings (SSSR count). The van der Waals surface area contributed by atoms with Crippen LogP contribution in [-0.4, -0.2) is 21.2 Å². The highest BCUT2D eigenvalue weighted by molar-refractivity contribution is 5.85. The second-order valence-corrected chi connectivity index (χ2v) is 5.34. The van der Waals surface area contributed by atoms with Crippen LogP contribution < -0.4 is 5.73 Å². The summed E-state index contributed by atoms with van der Waals surface area (Å²) in [6.07, 6.45) is -0.960. The molecule has 0 saturated heterocycles. The van der Waals surface area contributed by atoms with Gasteiger partial charge in [0.15, 0.2) is 0 Å². The first-order chi connectivity index (χ1) is 8.14. The number of nitro groups is 1. The van der Waals surface area contributed by atoms with E-state index in [1.807, 2.05) is 0 Å². The Bertz CT molecular complexity index is 460. The first kappa shape index (κ1) is 17.6. The fourth-order valence-corrected chi connectivity index (χ4v) is 1.68. The number of phenols is 1. The molecular weight excluding hydrogens is 272 g/mol. The van der Waals surface area contributed by atoms with Crippen molar-refractivity contribution in [2.45, 2.75) is 32.9 Å². The number of nitrogens with two attached hydrogens (primary N) is 1. The number of nitro benzene ring substituents is 1. The van der Waals surface area contributed by atoms with Gasteiger partial charge >= 0.3 is 0 Å². The van der Waals surface area contributed by atoms with Crippen LogP contribution in [0, 0.1) is 15.5 Å². The van der Waals surface area contributed by atoms with E-state index in [4.69, 9.17) is 5.73 Å². The van der Waals surface area contributed by atoms with Crippen LogP contribution in [0.4, 0.5) is 5.69 Å². The van der Waals surface area contributed by atoms with Gasteiger partial charge in [-0.15, -0.1) is 12.4 Å². The quantitative estimate of drug-likeness (QED) is 0.583. The largest absolute Gasteiger partial charge is 0.508 e. The fraction of sp³-hybridized carbons (Fsp3) is 0.500. The zero-order chi connectivity index (χ0) is 14.1. The second kappa shape index (κ2) is 6.18. The molecule has 1 aromatic rings. The van der Waals surface area contributed by atoms with Crippen LogP contribution in [0.25, 0.3) is 0 Å². The Hall–Kier alpha value is -1.37. The van der Waals surface area contributed by atoms with Crippen molar-refractivity contribution in [3.8, 4) is 5.75 Å². The van der Waals surface area contributed by atoms with E-state index in [1.165, 1.54) is 18.2 Å². The number of halogens is 1. The number of nitrogens with zero attached hydrogens (tertiary/aromatic N) is 1. The monoisotopic (exact) mass is 290 g/mol. The number of hydrogen-bond acceptors (Lipinski definition) is 5. The van der Waals surface area contributed by atoms with Gasteiger partial charge in [-0.05, 0) is 17.5 Å². The minimum atomic E-state index is -0.960. The maximum absolute atomic E-state index is 10.9. The van der Waals surface area contributed by atoms with E-state index in [0.29, 0.717) is 0 Å². The zero-order valence-electron chi connectivity index (χ0n) is 11.0. The highest BCUT2D eigenvalue weighted by Crippen LogP contribution is 2.34. The van der Waals surface area contributed by atoms with Crippen molar-refractivity contribution in [2.75, 3.05) is 0 Å². The average Bonchev–Trinajstić information content (AvgIpc) is 2.25. The van der Waals surface area contributed by atoms with Gasteiger partial charge in [-0.2, -0.15) is 0 Å². The molecule has 0 spiro atoms. The van der Waals surface area contributed by atoms with Gasteiger partial charge in [0, 0.05) is 6.07 Å². The van der Waals surface area contributed by atoms with Gasteiger partial charge in [0.25, 0.3) is 5.69 Å². The summed E-state index contributed by atoms with van der Waals surface area (Å²) in [6, 6.07) is 2.69. The minimum Gasteiger partial charge on any atom is -0.508 e. The molecule has 0 aliphatic rings. The van der Waals surface area contributed by atoms with Gasteiger partial charge < -0.3 is 15.9 Å². The molecule has 1 aromatic carbocycles. The van der Waals surface area contributed by atoms with Gasteiger partial charge in [-0.1, -0.05) is 20.8 Å². The smallest absolute Gasteiger partial charge is 0.274 e. The van der Waals surface area contributed by atoms with Crippen molar-refractivity contribution in [1.82, 2.24) is 0 Å². The Morgan fingerprint density at radius 1 is 1.37 bits per heavy atom. The molecule has 0 heterocycles. The van der Waals surface area contributed by atoms with E-state index in [-0.39, 0.29) is 29.4 Å². The zero-order valence-corrected chi connectivity index (χ0v) is 11.8. The van der Waals surface area contributed by atoms with Crippen LogP contribution in [0.1, 0.15) is 32.4 Å². The molecule has 2 atom stereocenters. The maximum Gasteiger partial charge on any atom is 0.274 e. The molecule has 7 heteroatoms. The summed E-state index contributed by atoms with van der Waals surface area (Å²) in [5.74, 6) is -0.118. The van der Waals surface area contributed by atoms with Gasteiger partial charge in [0.05, 0.1) is 22.6 Å². The van der Waals surface area contributed by atoms with E-state index < -0.39 is 22.5 Å². The molecule has 108 valence electrons. The van der Waals surface area contributed by atoms with Crippen LogP contribution in [0.3, 0.4) is 0 Å². The first-order valence-electron chi connectivity index (χ1n) is 5.55. The van der Waals surface area contributed by atoms with Crippen molar-refractivity contribution in [3.63, 3.8) is 0 Å². The molecule has 0 fully saturated rings. The van der Waals surface area contributed by atoms with E-state index in [2.05, 4.69) is 0 Å². The Labute approximate surface area is 117 Å². The summed E-state index contributed by atoms with van der Waals surface area (Å²) >= 11 is 0. The lowest BCUT2D eigenvalue weighted by Crippen LogP contribution is -2.37. The number of benzene rings is 1. The van der Waals surface area contributed by atoms with Crippen LogP contribution >= 0.6 is 12.4 Å². The lowest BCUT2D eigenvalue weighted by atomic mass is 9.82. The SMILES string of the molecule is CC(C)(C)[C@H](O)[C@H](N)c1cc(O)ccc1[N+](=O)[O-].Cl. The molecule has 0 radical (unpaired) electrons. The summed E-state index contributed by atoms with van der Waals surface area (Å²) in [5, 5.41) is 30.4. The molecular formula is C12H19ClN2O4. The molecule has 0 saturated carbocycles. The minimum absolute atomic E-state index is 0. The Morgan fingerprint density at radius 3 is 2.32 bits per heavy atom. The van der Waals surface area contributed by atoms with Gasteiger partial charge in [-0.3, -0.25) is 10.1 Å². The maximum atomic E-state index is 10.9. The van der Waals surface area contributed by atoms with Crippen LogP contribution in [-0.2, 0) is 0 Å². The number of aliphatic hydroxyl groups is 1. The summed E-state index contributed by atoms with van der Waals surface area (Å²) < 4.78 is 0. The third kappa shape index (κ3) is 4.05. The van der Waals surface area contributed by atoms with Gasteiger partial charge in [0.2, 0.25) is 0 Å². The van der Waals surface area contributed by atoms with E-state index in [1.54, 1.807) is 20.8 Å². The highest BCUT2D eigenvalue weighted by Gasteiger charge is 2.32. The molecule has 0 unspecified atom stereocenters. The molecule has 0 amide bonds. The molecule has 6 nitrogen and oxygen atoms in total. The topological polar surface area (TPSA) is 110 Å². The van der Waals surface area contributed by atoms with Gasteiger partial charge in [0.1, 0.15) is 5.75 Å². The second-order valence-electron chi connectivity index (χ2n) is 5.34. The molecule has 0 aliphatic heterocycles. The number of phenolic OH excluding ortho intramolecular Hbond substituents is 1. The van der Waals surface area contributed by atoms with Crippen LogP contribution in [0.15, 0.2) is 18.2 Å². The van der Waals surface area contributed by atoms with E-state index >= 15 is 0 Å². The third-order valence-electron chi connectivity index (χ3n) is 2.79. The summed E-state index contributed by atoms with van der Waals surface area (Å²) in [4.78, 5) is 10.3. The normalized spacial score (nSPS) is 14.4. The van der Waals surface area contributed by atoms with Gasteiger partial charge in [-0.25, -0.2) is 0 Å². The summed E-state index contributed by atoms with van der Waals surface area (Å²) in [6.45, 7) is 5.35. The first-order valence-corrected chi connectivity index (χ1v) is 5.55. The Morgan fingerprint density at radius 2 is 1.89 bits per heavy atom. The van der Waals surface area contributed by atoms with E-state index in [9.17, 15) is 20.3 Å². The standard InChI is InChI=1S/C12H18N2O4.ClH/c1-12(2,3)11(16)10(13)8-6-7(15)4-5-9(8)14(17)18;/h4-6,10-11,15-16H,13H2,1-3H3;1H/t10-,11-;/m1./s1. The number of aromatic hydroxyl groups is 1. The molecule has 19 heavy (non-hydrogen) atoms. The number of aliphatic hydroxyl groups excluding tert-OH is 1. The lowest BCUT2D eigenvalue weighted by molar-refractivity contribution is -0.385. The summed E-state index contributed by atoms with van der Waals surface area (Å²) in [5.41, 5.74) is 5.27. The molecule has 0 aliphatic carbocycles. The molecule has 0 aromatic heterocycles. The highest BCUT2D eigenvalue weighted by atomic mass is 35.5. The predicted molar refractivity (Wildman–Crippen MR) is 74.4 cm³/mol. The Balaban J connectivity index is 0.00000324. The third-order valence-corrected chi connectivity index (χ3v) is 2.79. The van der Waals surface area contributed by atoms with Crippen LogP contribution in [0.5, 0.6) is 5.75 Å². The van der Waals surface area contributed by atoms with Crippen molar-refractivity contribution >= 4 is 18.1 Å². The summed E-state index contributed by atoms with van der Waals surface area (Å²) in [7, 11) is 0. The van der Waals surface area contributed by atoms with Crippen molar-refractivity contribution in [3.05, 3.63) is 33.9 Å². The van der Waals surface area contributed by atoms with E-state index in [0.717, 1.165) is 0 Å². The number of rotatable bonds is 3. The van der Waals surface area contributed by atoms with Crippen LogP contribution in [0.2, 0.25) is 0 Å². The Kier molecular flexibility index (Phi) is 5.74.